The number of aromatic nitrogens is 3. The van der Waals surface area contributed by atoms with Crippen molar-refractivity contribution in [3.8, 4) is 0 Å². The predicted octanol–water partition coefficient (Wildman–Crippen LogP) is 2.44. The van der Waals surface area contributed by atoms with Crippen LogP contribution in [0.2, 0.25) is 0 Å². The first kappa shape index (κ1) is 19.7. The van der Waals surface area contributed by atoms with Crippen molar-refractivity contribution in [2.45, 2.75) is 26.9 Å². The molecule has 0 radical (unpaired) electrons. The fourth-order valence-corrected chi connectivity index (χ4v) is 3.19. The van der Waals surface area contributed by atoms with Gasteiger partial charge in [-0.25, -0.2) is 18.0 Å². The molecule has 0 aliphatic carbocycles. The van der Waals surface area contributed by atoms with Crippen LogP contribution in [0.5, 0.6) is 0 Å². The normalized spacial score (nSPS) is 11.5. The first-order valence-electron chi connectivity index (χ1n) is 8.57. The Morgan fingerprint density at radius 1 is 1.07 bits per heavy atom. The highest BCUT2D eigenvalue weighted by Crippen LogP contribution is 2.20. The number of nitrogens with zero attached hydrogens (tertiary/aromatic N) is 3. The van der Waals surface area contributed by atoms with E-state index in [4.69, 9.17) is 0 Å². The summed E-state index contributed by atoms with van der Waals surface area (Å²) in [6.07, 6.45) is 1.80. The molecule has 6 nitrogen and oxygen atoms in total. The molecule has 0 saturated carbocycles. The summed E-state index contributed by atoms with van der Waals surface area (Å²) in [6, 6.07) is 1.12. The predicted molar refractivity (Wildman–Crippen MR) is 97.1 cm³/mol. The van der Waals surface area contributed by atoms with Gasteiger partial charge in [-0.05, 0) is 12.0 Å². The van der Waals surface area contributed by atoms with Gasteiger partial charge in [0.15, 0.2) is 17.9 Å². The van der Waals surface area contributed by atoms with E-state index in [1.54, 1.807) is 0 Å². The van der Waals surface area contributed by atoms with Crippen LogP contribution in [0.1, 0.15) is 29.9 Å². The molecule has 0 atom stereocenters. The van der Waals surface area contributed by atoms with Gasteiger partial charge in [-0.15, -0.1) is 0 Å². The third-order valence-electron chi connectivity index (χ3n) is 4.52. The average Bonchev–Trinajstić information content (AvgIpc) is 2.99. The SMILES string of the molecule is CC(C)Cn1c(=O)n(C)c(=O)c2c(C=O)n(Cc3cc(F)c(F)cc3F)cc21. The lowest BCUT2D eigenvalue weighted by Gasteiger charge is -2.11. The minimum Gasteiger partial charge on any atom is -0.338 e. The van der Waals surface area contributed by atoms with Crippen molar-refractivity contribution in [2.75, 3.05) is 0 Å². The summed E-state index contributed by atoms with van der Waals surface area (Å²) in [5.74, 6) is -3.46. The average molecular weight is 393 g/mol. The summed E-state index contributed by atoms with van der Waals surface area (Å²) in [4.78, 5) is 36.8. The maximum atomic E-state index is 14.0. The van der Waals surface area contributed by atoms with Gasteiger partial charge in [0.1, 0.15) is 5.82 Å². The van der Waals surface area contributed by atoms with Gasteiger partial charge >= 0.3 is 5.69 Å². The summed E-state index contributed by atoms with van der Waals surface area (Å²) in [7, 11) is 1.31. The highest BCUT2D eigenvalue weighted by atomic mass is 19.2. The highest BCUT2D eigenvalue weighted by Gasteiger charge is 2.20. The standard InChI is InChI=1S/C19H18F3N3O3/c1-10(2)6-25-15-8-24(7-11-4-13(21)14(22)5-12(11)20)16(9-26)17(15)18(27)23(3)19(25)28/h4-5,8-10H,6-7H2,1-3H3. The number of fused-ring (bicyclic) bond motifs is 1. The van der Waals surface area contributed by atoms with Gasteiger partial charge in [0, 0.05) is 31.4 Å². The van der Waals surface area contributed by atoms with E-state index < -0.39 is 28.7 Å². The summed E-state index contributed by atoms with van der Waals surface area (Å²) in [6.45, 7) is 3.76. The van der Waals surface area contributed by atoms with Gasteiger partial charge in [-0.3, -0.25) is 18.7 Å². The maximum Gasteiger partial charge on any atom is 0.331 e. The van der Waals surface area contributed by atoms with Crippen molar-refractivity contribution in [3.63, 3.8) is 0 Å². The minimum atomic E-state index is -1.32. The van der Waals surface area contributed by atoms with Crippen LogP contribution in [-0.4, -0.2) is 20.0 Å². The lowest BCUT2D eigenvalue weighted by atomic mass is 10.2. The Hall–Kier alpha value is -3.10. The molecule has 0 bridgehead atoms. The van der Waals surface area contributed by atoms with E-state index in [0.717, 1.165) is 4.57 Å². The van der Waals surface area contributed by atoms with E-state index in [0.29, 0.717) is 25.0 Å². The van der Waals surface area contributed by atoms with Crippen molar-refractivity contribution < 1.29 is 18.0 Å². The van der Waals surface area contributed by atoms with Crippen molar-refractivity contribution in [2.24, 2.45) is 13.0 Å². The second kappa shape index (κ2) is 7.14. The number of carbonyl (C=O) groups is 1. The largest absolute Gasteiger partial charge is 0.338 e. The third-order valence-corrected chi connectivity index (χ3v) is 4.52. The Kier molecular flexibility index (Phi) is 5.01. The summed E-state index contributed by atoms with van der Waals surface area (Å²) in [5.41, 5.74) is -1.24. The molecule has 0 amide bonds. The van der Waals surface area contributed by atoms with Crippen LogP contribution < -0.4 is 11.2 Å². The van der Waals surface area contributed by atoms with E-state index >= 15 is 0 Å². The number of halogens is 3. The molecule has 148 valence electrons. The molecule has 0 aliphatic heterocycles. The fourth-order valence-electron chi connectivity index (χ4n) is 3.19. The molecule has 2 heterocycles. The van der Waals surface area contributed by atoms with Gasteiger partial charge in [-0.1, -0.05) is 13.8 Å². The van der Waals surface area contributed by atoms with Crippen LogP contribution in [0.15, 0.2) is 27.9 Å². The van der Waals surface area contributed by atoms with Gasteiger partial charge in [0.25, 0.3) is 5.56 Å². The second-order valence-electron chi connectivity index (χ2n) is 7.03. The molecule has 0 fully saturated rings. The summed E-state index contributed by atoms with van der Waals surface area (Å²) in [5, 5.41) is 0.0146. The Balaban J connectivity index is 2.29. The van der Waals surface area contributed by atoms with Crippen molar-refractivity contribution in [1.29, 1.82) is 0 Å². The first-order valence-corrected chi connectivity index (χ1v) is 8.57. The van der Waals surface area contributed by atoms with Crippen molar-refractivity contribution in [3.05, 3.63) is 67.9 Å². The molecular weight excluding hydrogens is 375 g/mol. The third kappa shape index (κ3) is 3.17. The van der Waals surface area contributed by atoms with Gasteiger partial charge in [0.05, 0.1) is 23.1 Å². The van der Waals surface area contributed by atoms with Crippen LogP contribution in [0, 0.1) is 23.4 Å². The number of benzene rings is 1. The molecule has 1 aromatic carbocycles. The molecule has 0 N–H and O–H groups in total. The van der Waals surface area contributed by atoms with E-state index in [9.17, 15) is 27.6 Å². The number of carbonyl (C=O) groups excluding carboxylic acids is 1. The Morgan fingerprint density at radius 2 is 1.71 bits per heavy atom. The number of aldehydes is 1. The Morgan fingerprint density at radius 3 is 2.32 bits per heavy atom. The van der Waals surface area contributed by atoms with Crippen LogP contribution in [0.25, 0.3) is 10.9 Å². The molecule has 2 aromatic heterocycles. The zero-order valence-corrected chi connectivity index (χ0v) is 15.5. The molecule has 0 unspecified atom stereocenters. The summed E-state index contributed by atoms with van der Waals surface area (Å²) >= 11 is 0. The van der Waals surface area contributed by atoms with Crippen molar-refractivity contribution >= 4 is 17.2 Å². The quantitative estimate of drug-likeness (QED) is 0.494. The van der Waals surface area contributed by atoms with Crippen molar-refractivity contribution in [1.82, 2.24) is 13.7 Å². The van der Waals surface area contributed by atoms with Gasteiger partial charge < -0.3 is 4.57 Å². The zero-order valence-electron chi connectivity index (χ0n) is 15.5. The van der Waals surface area contributed by atoms with Crippen LogP contribution in [0.3, 0.4) is 0 Å². The van der Waals surface area contributed by atoms with Gasteiger partial charge in [0.2, 0.25) is 0 Å². The molecule has 0 aliphatic rings. The lowest BCUT2D eigenvalue weighted by molar-refractivity contribution is 0.111. The number of hydrogen-bond acceptors (Lipinski definition) is 3. The highest BCUT2D eigenvalue weighted by molar-refractivity contribution is 5.95. The van der Waals surface area contributed by atoms with E-state index in [-0.39, 0.29) is 34.6 Å². The minimum absolute atomic E-state index is 0.0146. The molecule has 0 spiro atoms. The Bertz CT molecular complexity index is 1210. The van der Waals surface area contributed by atoms with Crippen LogP contribution >= 0.6 is 0 Å². The summed E-state index contributed by atoms with van der Waals surface area (Å²) < 4.78 is 44.2. The van der Waals surface area contributed by atoms with E-state index in [2.05, 4.69) is 0 Å². The van der Waals surface area contributed by atoms with Crippen LogP contribution in [-0.2, 0) is 20.1 Å². The zero-order chi connectivity index (χ0) is 20.7. The molecule has 28 heavy (non-hydrogen) atoms. The van der Waals surface area contributed by atoms with Gasteiger partial charge in [-0.2, -0.15) is 0 Å². The number of hydrogen-bond donors (Lipinski definition) is 0. The number of rotatable bonds is 5. The molecule has 3 rings (SSSR count). The maximum absolute atomic E-state index is 14.0. The second-order valence-corrected chi connectivity index (χ2v) is 7.03. The smallest absolute Gasteiger partial charge is 0.331 e. The first-order chi connectivity index (χ1) is 13.1. The molecular formula is C19H18F3N3O3. The van der Waals surface area contributed by atoms with E-state index in [1.807, 2.05) is 13.8 Å². The topological polar surface area (TPSA) is 66.0 Å². The van der Waals surface area contributed by atoms with Crippen LogP contribution in [0.4, 0.5) is 13.2 Å². The van der Waals surface area contributed by atoms with E-state index in [1.165, 1.54) is 22.4 Å². The monoisotopic (exact) mass is 393 g/mol. The fraction of sp³-hybridized carbons (Fsp3) is 0.316. The lowest BCUT2D eigenvalue weighted by Crippen LogP contribution is -2.38. The Labute approximate surface area is 157 Å². The molecule has 3 aromatic rings. The molecule has 9 heteroatoms. The molecule has 0 saturated heterocycles.